The second kappa shape index (κ2) is 16.3. The maximum atomic E-state index is 14.8. The van der Waals surface area contributed by atoms with Crippen LogP contribution in [0.15, 0.2) is 89.8 Å². The number of anilines is 1. The number of halogens is 3. The third-order valence-corrected chi connectivity index (χ3v) is 10.5. The Morgan fingerprint density at radius 3 is 2.18 bits per heavy atom. The van der Waals surface area contributed by atoms with Gasteiger partial charge >= 0.3 is 0 Å². The number of nitrogens with zero attached hydrogens (tertiary/aromatic N) is 3. The Morgan fingerprint density at radius 2 is 1.59 bits per heavy atom. The highest BCUT2D eigenvalue weighted by molar-refractivity contribution is 7.92. The van der Waals surface area contributed by atoms with Gasteiger partial charge in [0.2, 0.25) is 11.8 Å². The normalized spacial score (nSPS) is 12.2. The Balaban J connectivity index is 1.94. The average molecular weight is 776 g/mol. The molecule has 0 unspecified atom stereocenters. The second-order valence-corrected chi connectivity index (χ2v) is 15.8. The molecule has 0 spiro atoms. The molecule has 4 rings (SSSR count). The second-order valence-electron chi connectivity index (χ2n) is 12.7. The zero-order valence-electron chi connectivity index (χ0n) is 28.5. The Bertz CT molecular complexity index is 2020. The first-order valence-electron chi connectivity index (χ1n) is 15.6. The monoisotopic (exact) mass is 774 g/mol. The Morgan fingerprint density at radius 1 is 0.941 bits per heavy atom. The van der Waals surface area contributed by atoms with E-state index in [0.717, 1.165) is 15.9 Å². The number of sulfonamides is 1. The number of hydrogen-bond donors (Lipinski definition) is 1. The summed E-state index contributed by atoms with van der Waals surface area (Å²) in [7, 11) is -3.42. The highest BCUT2D eigenvalue weighted by Gasteiger charge is 2.37. The minimum Gasteiger partial charge on any atom is -0.495 e. The van der Waals surface area contributed by atoms with E-state index in [2.05, 4.69) is 5.32 Å². The molecular weight excluding hydrogens is 739 g/mol. The first kappa shape index (κ1) is 39.4. The van der Waals surface area contributed by atoms with Crippen molar-refractivity contribution in [2.45, 2.75) is 57.1 Å². The third kappa shape index (κ3) is 9.70. The van der Waals surface area contributed by atoms with Gasteiger partial charge in [-0.25, -0.2) is 8.42 Å². The summed E-state index contributed by atoms with van der Waals surface area (Å²) in [5, 5.41) is 15.3. The number of hydrogen-bond acceptors (Lipinski definition) is 7. The number of methoxy groups -OCH3 is 1. The number of rotatable bonds is 13. The number of nitro benzene ring substituents is 1. The van der Waals surface area contributed by atoms with Crippen LogP contribution >= 0.6 is 34.8 Å². The summed E-state index contributed by atoms with van der Waals surface area (Å²) in [6.07, 6.45) is 0.0496. The lowest BCUT2D eigenvalue weighted by molar-refractivity contribution is -0.385. The minimum atomic E-state index is -4.74. The lowest BCUT2D eigenvalue weighted by Gasteiger charge is -2.35. The van der Waals surface area contributed by atoms with E-state index in [0.29, 0.717) is 5.56 Å². The van der Waals surface area contributed by atoms with Crippen molar-refractivity contribution in [1.29, 1.82) is 0 Å². The summed E-state index contributed by atoms with van der Waals surface area (Å²) < 4.78 is 35.3. The molecule has 0 bridgehead atoms. The predicted molar refractivity (Wildman–Crippen MR) is 199 cm³/mol. The largest absolute Gasteiger partial charge is 0.495 e. The summed E-state index contributed by atoms with van der Waals surface area (Å²) in [5.74, 6) is -1.28. The van der Waals surface area contributed by atoms with Gasteiger partial charge in [0.25, 0.3) is 15.7 Å². The van der Waals surface area contributed by atoms with E-state index in [1.165, 1.54) is 49.3 Å². The zero-order chi connectivity index (χ0) is 37.7. The molecule has 0 aliphatic heterocycles. The van der Waals surface area contributed by atoms with Crippen LogP contribution in [0.2, 0.25) is 15.1 Å². The standard InChI is InChI=1S/C36H37Cl3N4O7S/c1-23-14-16-26(20-30(23)43(46)47)51(48,49)42(31-19-25(37)15-17-33(31)50-5)22-34(44)41(21-27-28(38)12-9-13-29(27)39)32(35(45)40-36(2,3)4)18-24-10-7-6-8-11-24/h6-17,19-20,32H,18,21-22H2,1-5H3,(H,40,45)/t32-/m1/s1. The smallest absolute Gasteiger partial charge is 0.273 e. The summed E-state index contributed by atoms with van der Waals surface area (Å²) >= 11 is 19.5. The van der Waals surface area contributed by atoms with Gasteiger partial charge in [0.05, 0.1) is 22.6 Å². The molecule has 2 amide bonds. The number of nitrogens with one attached hydrogen (secondary N) is 1. The number of carbonyl (C=O) groups is 2. The topological polar surface area (TPSA) is 139 Å². The minimum absolute atomic E-state index is 0.0457. The molecule has 4 aromatic carbocycles. The van der Waals surface area contributed by atoms with E-state index in [4.69, 9.17) is 39.5 Å². The first-order chi connectivity index (χ1) is 23.9. The fourth-order valence-electron chi connectivity index (χ4n) is 5.31. The van der Waals surface area contributed by atoms with Gasteiger partial charge in [-0.15, -0.1) is 0 Å². The van der Waals surface area contributed by atoms with Gasteiger partial charge in [0.1, 0.15) is 18.3 Å². The van der Waals surface area contributed by atoms with Crippen molar-refractivity contribution in [3.05, 3.63) is 127 Å². The molecule has 0 aromatic heterocycles. The maximum Gasteiger partial charge on any atom is 0.273 e. The molecule has 0 aliphatic rings. The molecule has 4 aromatic rings. The Hall–Kier alpha value is -4.36. The molecule has 1 N–H and O–H groups in total. The highest BCUT2D eigenvalue weighted by Crippen LogP contribution is 2.36. The summed E-state index contributed by atoms with van der Waals surface area (Å²) in [6, 6.07) is 20.3. The van der Waals surface area contributed by atoms with Crippen molar-refractivity contribution in [2.24, 2.45) is 0 Å². The molecule has 0 saturated carbocycles. The van der Waals surface area contributed by atoms with Crippen molar-refractivity contribution >= 4 is 68.0 Å². The van der Waals surface area contributed by atoms with E-state index >= 15 is 0 Å². The summed E-state index contributed by atoms with van der Waals surface area (Å²) in [5.41, 5.74) is 0.0424. The van der Waals surface area contributed by atoms with Crippen molar-refractivity contribution in [3.63, 3.8) is 0 Å². The van der Waals surface area contributed by atoms with E-state index in [1.807, 2.05) is 6.07 Å². The number of benzene rings is 4. The average Bonchev–Trinajstić information content (AvgIpc) is 3.05. The van der Waals surface area contributed by atoms with Crippen LogP contribution in [-0.4, -0.2) is 55.3 Å². The molecule has 1 atom stereocenters. The maximum absolute atomic E-state index is 14.8. The van der Waals surface area contributed by atoms with Crippen LogP contribution < -0.4 is 14.4 Å². The molecule has 15 heteroatoms. The fraction of sp³-hybridized carbons (Fsp3) is 0.278. The SMILES string of the molecule is COc1ccc(Cl)cc1N(CC(=O)N(Cc1c(Cl)cccc1Cl)[C@H](Cc1ccccc1)C(=O)NC(C)(C)C)S(=O)(=O)c1ccc(C)c([N+](=O)[O-])c1. The molecule has 0 saturated heterocycles. The van der Waals surface area contributed by atoms with Crippen molar-refractivity contribution in [3.8, 4) is 5.75 Å². The van der Waals surface area contributed by atoms with Gasteiger partial charge in [-0.05, 0) is 69.7 Å². The summed E-state index contributed by atoms with van der Waals surface area (Å²) in [4.78, 5) is 40.8. The van der Waals surface area contributed by atoms with Crippen LogP contribution in [0.25, 0.3) is 0 Å². The van der Waals surface area contributed by atoms with E-state index in [9.17, 15) is 28.1 Å². The Labute approximate surface area is 312 Å². The first-order valence-corrected chi connectivity index (χ1v) is 18.2. The predicted octanol–water partition coefficient (Wildman–Crippen LogP) is 7.62. The van der Waals surface area contributed by atoms with Gasteiger partial charge in [0, 0.05) is 50.8 Å². The van der Waals surface area contributed by atoms with Crippen LogP contribution in [0.1, 0.15) is 37.5 Å². The molecule has 0 fully saturated rings. The quantitative estimate of drug-likeness (QED) is 0.109. The number of carbonyl (C=O) groups excluding carboxylic acids is 2. The molecule has 270 valence electrons. The number of ether oxygens (including phenoxy) is 1. The Kier molecular flexibility index (Phi) is 12.6. The van der Waals surface area contributed by atoms with Crippen LogP contribution in [0, 0.1) is 17.0 Å². The molecular formula is C36H37Cl3N4O7S. The van der Waals surface area contributed by atoms with Crippen LogP contribution in [0.4, 0.5) is 11.4 Å². The molecule has 0 aliphatic carbocycles. The molecule has 51 heavy (non-hydrogen) atoms. The summed E-state index contributed by atoms with van der Waals surface area (Å²) in [6.45, 7) is 5.70. The number of amides is 2. The highest BCUT2D eigenvalue weighted by atomic mass is 35.5. The lowest BCUT2D eigenvalue weighted by Crippen LogP contribution is -2.56. The van der Waals surface area contributed by atoms with Gasteiger partial charge in [0.15, 0.2) is 0 Å². The molecule has 0 radical (unpaired) electrons. The fourth-order valence-corrected chi connectivity index (χ4v) is 7.43. The lowest BCUT2D eigenvalue weighted by atomic mass is 10.0. The molecule has 11 nitrogen and oxygen atoms in total. The van der Waals surface area contributed by atoms with E-state index < -0.39 is 55.5 Å². The zero-order valence-corrected chi connectivity index (χ0v) is 31.6. The van der Waals surface area contributed by atoms with Gasteiger partial charge in [-0.3, -0.25) is 24.0 Å². The number of aryl methyl sites for hydroxylation is 1. The third-order valence-electron chi connectivity index (χ3n) is 7.81. The van der Waals surface area contributed by atoms with Crippen molar-refractivity contribution < 1.29 is 27.7 Å². The molecule has 0 heterocycles. The van der Waals surface area contributed by atoms with E-state index in [-0.39, 0.29) is 45.0 Å². The van der Waals surface area contributed by atoms with Gasteiger partial charge in [-0.2, -0.15) is 0 Å². The van der Waals surface area contributed by atoms with Crippen molar-refractivity contribution in [2.75, 3.05) is 18.0 Å². The van der Waals surface area contributed by atoms with Gasteiger partial charge in [-0.1, -0.05) is 77.3 Å². The number of nitro groups is 1. The van der Waals surface area contributed by atoms with Crippen LogP contribution in [0.5, 0.6) is 5.75 Å². The van der Waals surface area contributed by atoms with Crippen LogP contribution in [0.3, 0.4) is 0 Å². The van der Waals surface area contributed by atoms with E-state index in [1.54, 1.807) is 63.2 Å². The van der Waals surface area contributed by atoms with Crippen molar-refractivity contribution in [1.82, 2.24) is 10.2 Å². The van der Waals surface area contributed by atoms with Gasteiger partial charge < -0.3 is 15.0 Å². The van der Waals surface area contributed by atoms with Crippen LogP contribution in [-0.2, 0) is 32.6 Å².